The number of nitrogens with zero attached hydrogens (tertiary/aromatic N) is 3. The Kier molecular flexibility index (Phi) is 9.23. The second-order valence-electron chi connectivity index (χ2n) is 11.5. The normalized spacial score (nSPS) is 19.9. The second-order valence-corrected chi connectivity index (χ2v) is 11.5. The van der Waals surface area contributed by atoms with Gasteiger partial charge in [-0.25, -0.2) is 9.78 Å². The summed E-state index contributed by atoms with van der Waals surface area (Å²) in [5.74, 6) is 0.414. The number of hydrogen-bond donors (Lipinski definition) is 2. The Balaban J connectivity index is 1.47. The lowest BCUT2D eigenvalue weighted by molar-refractivity contribution is 0.0112. The van der Waals surface area contributed by atoms with Crippen LogP contribution >= 0.6 is 0 Å². The van der Waals surface area contributed by atoms with E-state index in [4.69, 9.17) is 14.2 Å². The highest BCUT2D eigenvalue weighted by Gasteiger charge is 2.40. The van der Waals surface area contributed by atoms with Crippen LogP contribution < -0.4 is 10.1 Å². The standard InChI is InChI=1S/C31H38N4O5/c1-30(2,3)40-29(37)35-31(20-38-4)14-12-22(13-15-31)26(36)16-24-23(17-32)18-33-25-10-11-27(34-28(24)25)39-19-21-8-6-5-7-9-21/h5-11,18,22,26,36H,12-16,19-20H2,1-4H3,(H,35,37). The molecule has 0 aliphatic heterocycles. The summed E-state index contributed by atoms with van der Waals surface area (Å²) in [4.78, 5) is 21.6. The average Bonchev–Trinajstić information content (AvgIpc) is 2.92. The van der Waals surface area contributed by atoms with Crippen molar-refractivity contribution in [3.05, 3.63) is 65.4 Å². The summed E-state index contributed by atoms with van der Waals surface area (Å²) >= 11 is 0. The number of fused-ring (bicyclic) bond motifs is 1. The first-order valence-electron chi connectivity index (χ1n) is 13.6. The summed E-state index contributed by atoms with van der Waals surface area (Å²) in [6.07, 6.45) is 3.27. The number of pyridine rings is 2. The molecule has 1 amide bonds. The zero-order valence-corrected chi connectivity index (χ0v) is 23.6. The number of carbonyl (C=O) groups is 1. The van der Waals surface area contributed by atoms with E-state index in [-0.39, 0.29) is 12.3 Å². The molecular weight excluding hydrogens is 508 g/mol. The summed E-state index contributed by atoms with van der Waals surface area (Å²) in [5, 5.41) is 24.2. The molecule has 9 nitrogen and oxygen atoms in total. The van der Waals surface area contributed by atoms with Gasteiger partial charge in [-0.2, -0.15) is 5.26 Å². The van der Waals surface area contributed by atoms with Gasteiger partial charge in [0.25, 0.3) is 0 Å². The number of aliphatic hydroxyl groups excluding tert-OH is 1. The van der Waals surface area contributed by atoms with E-state index in [1.165, 1.54) is 6.20 Å². The van der Waals surface area contributed by atoms with Gasteiger partial charge in [0.05, 0.1) is 34.8 Å². The van der Waals surface area contributed by atoms with Gasteiger partial charge in [0, 0.05) is 31.4 Å². The Morgan fingerprint density at radius 2 is 1.93 bits per heavy atom. The third-order valence-corrected chi connectivity index (χ3v) is 7.27. The number of aromatic nitrogens is 2. The number of nitriles is 1. The predicted octanol–water partition coefficient (Wildman–Crippen LogP) is 5.08. The molecular formula is C31H38N4O5. The summed E-state index contributed by atoms with van der Waals surface area (Å²) in [7, 11) is 1.61. The van der Waals surface area contributed by atoms with E-state index >= 15 is 0 Å². The SMILES string of the molecule is COCC1(NC(=O)OC(C)(C)C)CCC(C(O)Cc2c(C#N)cnc3ccc(OCc4ccccc4)nc23)CC1. The number of benzene rings is 1. The van der Waals surface area contributed by atoms with Crippen molar-refractivity contribution in [1.29, 1.82) is 5.26 Å². The molecule has 1 atom stereocenters. The van der Waals surface area contributed by atoms with Crippen LogP contribution in [0, 0.1) is 17.2 Å². The minimum atomic E-state index is -0.699. The van der Waals surface area contributed by atoms with Gasteiger partial charge in [0.1, 0.15) is 18.3 Å². The smallest absolute Gasteiger partial charge is 0.408 e. The molecule has 1 aromatic carbocycles. The molecule has 1 aliphatic carbocycles. The molecule has 4 rings (SSSR count). The molecule has 1 aliphatic rings. The van der Waals surface area contributed by atoms with Crippen molar-refractivity contribution in [3.8, 4) is 11.9 Å². The second kappa shape index (κ2) is 12.6. The summed E-state index contributed by atoms with van der Waals surface area (Å²) in [5.41, 5.74) is 2.10. The monoisotopic (exact) mass is 546 g/mol. The van der Waals surface area contributed by atoms with Crippen LogP contribution in [0.4, 0.5) is 4.79 Å². The molecule has 0 bridgehead atoms. The van der Waals surface area contributed by atoms with E-state index < -0.39 is 23.3 Å². The molecule has 212 valence electrons. The first-order chi connectivity index (χ1) is 19.1. The fraction of sp³-hybridized carbons (Fsp3) is 0.484. The lowest BCUT2D eigenvalue weighted by Crippen LogP contribution is -2.55. The van der Waals surface area contributed by atoms with Gasteiger partial charge < -0.3 is 24.6 Å². The molecule has 9 heteroatoms. The lowest BCUT2D eigenvalue weighted by Gasteiger charge is -2.41. The largest absolute Gasteiger partial charge is 0.473 e. The zero-order valence-electron chi connectivity index (χ0n) is 23.6. The Morgan fingerprint density at radius 1 is 1.20 bits per heavy atom. The van der Waals surface area contributed by atoms with Crippen LogP contribution in [0.25, 0.3) is 11.0 Å². The van der Waals surface area contributed by atoms with Crippen molar-refractivity contribution in [2.75, 3.05) is 13.7 Å². The molecule has 2 N–H and O–H groups in total. The maximum atomic E-state index is 12.5. The minimum absolute atomic E-state index is 0.0160. The summed E-state index contributed by atoms with van der Waals surface area (Å²) in [6.45, 7) is 6.21. The Labute approximate surface area is 235 Å². The van der Waals surface area contributed by atoms with Gasteiger partial charge in [-0.15, -0.1) is 0 Å². The summed E-state index contributed by atoms with van der Waals surface area (Å²) in [6, 6.07) is 15.6. The minimum Gasteiger partial charge on any atom is -0.473 e. The van der Waals surface area contributed by atoms with Crippen LogP contribution in [0.3, 0.4) is 0 Å². The molecule has 1 saturated carbocycles. The fourth-order valence-corrected chi connectivity index (χ4v) is 5.27. The molecule has 40 heavy (non-hydrogen) atoms. The van der Waals surface area contributed by atoms with Crippen LogP contribution in [-0.2, 0) is 22.5 Å². The number of carbonyl (C=O) groups excluding carboxylic acids is 1. The Bertz CT molecular complexity index is 1340. The maximum Gasteiger partial charge on any atom is 0.408 e. The van der Waals surface area contributed by atoms with Gasteiger partial charge >= 0.3 is 6.09 Å². The van der Waals surface area contributed by atoms with Crippen LogP contribution in [0.5, 0.6) is 5.88 Å². The van der Waals surface area contributed by atoms with Crippen molar-refractivity contribution < 1.29 is 24.1 Å². The predicted molar refractivity (Wildman–Crippen MR) is 151 cm³/mol. The summed E-state index contributed by atoms with van der Waals surface area (Å²) < 4.78 is 16.8. The number of methoxy groups -OCH3 is 1. The third kappa shape index (κ3) is 7.46. The number of nitrogens with one attached hydrogen (secondary N) is 1. The Morgan fingerprint density at radius 3 is 2.58 bits per heavy atom. The zero-order chi connectivity index (χ0) is 28.8. The average molecular weight is 547 g/mol. The molecule has 0 saturated heterocycles. The van der Waals surface area contributed by atoms with Crippen molar-refractivity contribution >= 4 is 17.1 Å². The topological polar surface area (TPSA) is 127 Å². The van der Waals surface area contributed by atoms with Crippen LogP contribution in [0.1, 0.15) is 63.1 Å². The molecule has 0 radical (unpaired) electrons. The highest BCUT2D eigenvalue weighted by atomic mass is 16.6. The maximum absolute atomic E-state index is 12.5. The van der Waals surface area contributed by atoms with Gasteiger partial charge in [0.2, 0.25) is 5.88 Å². The molecule has 0 spiro atoms. The molecule has 3 aromatic rings. The fourth-order valence-electron chi connectivity index (χ4n) is 5.27. The lowest BCUT2D eigenvalue weighted by atomic mass is 9.74. The van der Waals surface area contributed by atoms with Gasteiger partial charge in [-0.3, -0.25) is 4.98 Å². The number of hydrogen-bond acceptors (Lipinski definition) is 8. The van der Waals surface area contributed by atoms with Crippen LogP contribution in [0.2, 0.25) is 0 Å². The van der Waals surface area contributed by atoms with Crippen LogP contribution in [-0.4, -0.2) is 52.1 Å². The van der Waals surface area contributed by atoms with Crippen LogP contribution in [0.15, 0.2) is 48.7 Å². The number of alkyl carbamates (subject to hydrolysis) is 1. The first kappa shape index (κ1) is 29.2. The van der Waals surface area contributed by atoms with Crippen molar-refractivity contribution in [3.63, 3.8) is 0 Å². The highest BCUT2D eigenvalue weighted by molar-refractivity contribution is 5.80. The number of ether oxygens (including phenoxy) is 3. The molecule has 1 unspecified atom stereocenters. The quantitative estimate of drug-likeness (QED) is 0.380. The van der Waals surface area contributed by atoms with E-state index in [9.17, 15) is 15.2 Å². The molecule has 2 aromatic heterocycles. The number of rotatable bonds is 9. The van der Waals surface area contributed by atoms with E-state index in [0.717, 1.165) is 5.56 Å². The first-order valence-corrected chi connectivity index (χ1v) is 13.6. The van der Waals surface area contributed by atoms with Gasteiger partial charge in [0.15, 0.2) is 0 Å². The van der Waals surface area contributed by atoms with E-state index in [2.05, 4.69) is 21.4 Å². The highest BCUT2D eigenvalue weighted by Crippen LogP contribution is 2.36. The van der Waals surface area contributed by atoms with Gasteiger partial charge in [-0.1, -0.05) is 30.3 Å². The van der Waals surface area contributed by atoms with E-state index in [1.807, 2.05) is 57.2 Å². The van der Waals surface area contributed by atoms with E-state index in [0.29, 0.717) is 66.9 Å². The van der Waals surface area contributed by atoms with Crippen molar-refractivity contribution in [2.24, 2.45) is 5.92 Å². The molecule has 1 fully saturated rings. The number of amides is 1. The molecule has 2 heterocycles. The third-order valence-electron chi connectivity index (χ3n) is 7.27. The van der Waals surface area contributed by atoms with E-state index in [1.54, 1.807) is 13.2 Å². The van der Waals surface area contributed by atoms with Crippen molar-refractivity contribution in [1.82, 2.24) is 15.3 Å². The van der Waals surface area contributed by atoms with Gasteiger partial charge in [-0.05, 0) is 64.0 Å². The number of aliphatic hydroxyl groups is 1. The van der Waals surface area contributed by atoms with Crippen molar-refractivity contribution in [2.45, 2.75) is 76.7 Å². The Hall–Kier alpha value is -3.74.